The third-order valence-electron chi connectivity index (χ3n) is 7.83. The van der Waals surface area contributed by atoms with Gasteiger partial charge in [-0.15, -0.1) is 0 Å². The van der Waals surface area contributed by atoms with Gasteiger partial charge in [0.05, 0.1) is 12.0 Å². The van der Waals surface area contributed by atoms with E-state index in [1.54, 1.807) is 16.1 Å². The van der Waals surface area contributed by atoms with Gasteiger partial charge in [0, 0.05) is 43.5 Å². The number of nitrogens with one attached hydrogen (secondary N) is 1. The lowest BCUT2D eigenvalue weighted by Crippen LogP contribution is -2.55. The molecule has 3 amide bonds. The monoisotopic (exact) mass is 513 g/mol. The molecular formula is C30H35N5O3. The van der Waals surface area contributed by atoms with Gasteiger partial charge in [0.2, 0.25) is 11.8 Å². The fourth-order valence-electron chi connectivity index (χ4n) is 5.62. The molecule has 0 aliphatic carbocycles. The summed E-state index contributed by atoms with van der Waals surface area (Å²) in [4.78, 5) is 48.0. The van der Waals surface area contributed by atoms with E-state index in [2.05, 4.69) is 10.3 Å². The van der Waals surface area contributed by atoms with E-state index in [1.165, 1.54) is 0 Å². The Balaban J connectivity index is 1.24. The number of likely N-dealkylation sites (tertiary alicyclic amines) is 1. The summed E-state index contributed by atoms with van der Waals surface area (Å²) in [6, 6.07) is 14.4. The first-order valence-corrected chi connectivity index (χ1v) is 13.3. The van der Waals surface area contributed by atoms with Crippen LogP contribution in [0.2, 0.25) is 0 Å². The Morgan fingerprint density at radius 1 is 1.11 bits per heavy atom. The van der Waals surface area contributed by atoms with Gasteiger partial charge in [0.1, 0.15) is 12.1 Å². The van der Waals surface area contributed by atoms with E-state index >= 15 is 0 Å². The average molecular weight is 514 g/mol. The zero-order chi connectivity index (χ0) is 27.0. The predicted octanol–water partition coefficient (Wildman–Crippen LogP) is 3.68. The molecular weight excluding hydrogens is 478 g/mol. The Kier molecular flexibility index (Phi) is 7.06. The summed E-state index contributed by atoms with van der Waals surface area (Å²) in [5.74, 6) is -0.489. The number of aryl methyl sites for hydroxylation is 1. The molecule has 38 heavy (non-hydrogen) atoms. The lowest BCUT2D eigenvalue weighted by Gasteiger charge is -2.35. The Labute approximate surface area is 223 Å². The molecule has 1 fully saturated rings. The fraction of sp³-hybridized carbons (Fsp3) is 0.400. The van der Waals surface area contributed by atoms with Crippen molar-refractivity contribution in [3.63, 3.8) is 0 Å². The largest absolute Gasteiger partial charge is 0.350 e. The summed E-state index contributed by atoms with van der Waals surface area (Å²) in [5, 5.41) is 3.03. The molecule has 0 spiro atoms. The predicted molar refractivity (Wildman–Crippen MR) is 145 cm³/mol. The van der Waals surface area contributed by atoms with E-state index in [9.17, 15) is 14.4 Å². The van der Waals surface area contributed by atoms with Gasteiger partial charge in [-0.3, -0.25) is 14.4 Å². The van der Waals surface area contributed by atoms with Gasteiger partial charge in [-0.2, -0.15) is 0 Å². The van der Waals surface area contributed by atoms with Gasteiger partial charge in [-0.05, 0) is 42.9 Å². The number of hydrogen-bond acceptors (Lipinski definition) is 4. The van der Waals surface area contributed by atoms with E-state index < -0.39 is 12.1 Å². The molecule has 2 aromatic carbocycles. The zero-order valence-corrected chi connectivity index (χ0v) is 22.5. The van der Waals surface area contributed by atoms with Gasteiger partial charge in [0.15, 0.2) is 0 Å². The highest BCUT2D eigenvalue weighted by molar-refractivity contribution is 6.01. The van der Waals surface area contributed by atoms with Crippen LogP contribution in [0, 0.1) is 12.8 Å². The molecule has 1 unspecified atom stereocenters. The van der Waals surface area contributed by atoms with Crippen LogP contribution in [0.5, 0.6) is 0 Å². The van der Waals surface area contributed by atoms with E-state index in [0.717, 1.165) is 34.5 Å². The van der Waals surface area contributed by atoms with Crippen molar-refractivity contribution in [3.05, 3.63) is 77.2 Å². The fourth-order valence-corrected chi connectivity index (χ4v) is 5.62. The van der Waals surface area contributed by atoms with Crippen molar-refractivity contribution in [3.8, 4) is 11.3 Å². The molecule has 198 valence electrons. The van der Waals surface area contributed by atoms with Crippen LogP contribution in [0.25, 0.3) is 11.3 Å². The second-order valence-electron chi connectivity index (χ2n) is 10.7. The molecule has 0 saturated carbocycles. The van der Waals surface area contributed by atoms with Crippen molar-refractivity contribution in [2.75, 3.05) is 6.54 Å². The number of imidazole rings is 1. The van der Waals surface area contributed by atoms with E-state index in [4.69, 9.17) is 0 Å². The highest BCUT2D eigenvalue weighted by atomic mass is 16.2. The lowest BCUT2D eigenvalue weighted by molar-refractivity contribution is -0.143. The first-order valence-electron chi connectivity index (χ1n) is 13.3. The van der Waals surface area contributed by atoms with Crippen LogP contribution in [-0.4, -0.2) is 55.7 Å². The summed E-state index contributed by atoms with van der Waals surface area (Å²) in [7, 11) is 1.97. The number of benzene rings is 2. The standard InChI is InChI=1S/C30H35N5O3/c1-19(2)27(35-17-23-8-5-6-9-24(23)29(35)37)30(38)34-15-7-10-25(34)28(36)31-16-21-11-13-22(14-12-21)26-20(3)33(4)18-32-26/h5-6,8-9,11-14,18-19,25,27H,7,10,15-17H2,1-4H3,(H,31,36)/t25-,27?/m0/s1. The van der Waals surface area contributed by atoms with Crippen molar-refractivity contribution >= 4 is 17.7 Å². The highest BCUT2D eigenvalue weighted by Gasteiger charge is 2.43. The first kappa shape index (κ1) is 25.7. The van der Waals surface area contributed by atoms with Crippen molar-refractivity contribution in [1.29, 1.82) is 0 Å². The van der Waals surface area contributed by atoms with Crippen LogP contribution < -0.4 is 5.32 Å². The molecule has 0 bridgehead atoms. The summed E-state index contributed by atoms with van der Waals surface area (Å²) >= 11 is 0. The Morgan fingerprint density at radius 2 is 1.84 bits per heavy atom. The second kappa shape index (κ2) is 10.4. The molecule has 8 heteroatoms. The third-order valence-corrected chi connectivity index (χ3v) is 7.83. The van der Waals surface area contributed by atoms with E-state index in [1.807, 2.05) is 80.9 Å². The molecule has 2 atom stereocenters. The van der Waals surface area contributed by atoms with Gasteiger partial charge < -0.3 is 19.7 Å². The quantitative estimate of drug-likeness (QED) is 0.522. The van der Waals surface area contributed by atoms with Gasteiger partial charge in [-0.25, -0.2) is 4.98 Å². The average Bonchev–Trinajstić information content (AvgIpc) is 3.62. The summed E-state index contributed by atoms with van der Waals surface area (Å²) in [5.41, 5.74) is 5.65. The summed E-state index contributed by atoms with van der Waals surface area (Å²) < 4.78 is 1.99. The normalized spacial score (nSPS) is 17.7. The van der Waals surface area contributed by atoms with Crippen molar-refractivity contribution in [2.24, 2.45) is 13.0 Å². The summed E-state index contributed by atoms with van der Waals surface area (Å²) in [6.07, 6.45) is 3.19. The molecule has 5 rings (SSSR count). The summed E-state index contributed by atoms with van der Waals surface area (Å²) in [6.45, 7) is 7.27. The molecule has 1 N–H and O–H groups in total. The second-order valence-corrected chi connectivity index (χ2v) is 10.7. The minimum absolute atomic E-state index is 0.0775. The maximum absolute atomic E-state index is 13.8. The molecule has 8 nitrogen and oxygen atoms in total. The number of aromatic nitrogens is 2. The van der Waals surface area contributed by atoms with Crippen LogP contribution in [0.3, 0.4) is 0 Å². The maximum Gasteiger partial charge on any atom is 0.255 e. The van der Waals surface area contributed by atoms with Crippen LogP contribution >= 0.6 is 0 Å². The first-order chi connectivity index (χ1) is 18.3. The van der Waals surface area contributed by atoms with Crippen LogP contribution in [-0.2, 0) is 29.7 Å². The Hall–Kier alpha value is -3.94. The van der Waals surface area contributed by atoms with E-state index in [0.29, 0.717) is 31.6 Å². The molecule has 3 heterocycles. The SMILES string of the molecule is Cc1c(-c2ccc(CNC(=O)[C@@H]3CCCN3C(=O)C(C(C)C)N3Cc4ccccc4C3=O)cc2)ncn1C. The zero-order valence-electron chi connectivity index (χ0n) is 22.5. The number of rotatable bonds is 7. The number of hydrogen-bond donors (Lipinski definition) is 1. The maximum atomic E-state index is 13.8. The van der Waals surface area contributed by atoms with Crippen molar-refractivity contribution in [2.45, 2.75) is 58.8 Å². The lowest BCUT2D eigenvalue weighted by atomic mass is 10.0. The molecule has 2 aliphatic rings. The molecule has 0 radical (unpaired) electrons. The van der Waals surface area contributed by atoms with Gasteiger partial charge in [0.25, 0.3) is 5.91 Å². The Bertz CT molecular complexity index is 1360. The third kappa shape index (κ3) is 4.71. The molecule has 2 aliphatic heterocycles. The number of nitrogens with zero attached hydrogens (tertiary/aromatic N) is 4. The van der Waals surface area contributed by atoms with Gasteiger partial charge in [-0.1, -0.05) is 56.3 Å². The van der Waals surface area contributed by atoms with Crippen LogP contribution in [0.4, 0.5) is 0 Å². The molecule has 3 aromatic rings. The molecule has 1 aromatic heterocycles. The Morgan fingerprint density at radius 3 is 2.50 bits per heavy atom. The molecule has 1 saturated heterocycles. The topological polar surface area (TPSA) is 87.5 Å². The van der Waals surface area contributed by atoms with Crippen molar-refractivity contribution in [1.82, 2.24) is 24.7 Å². The number of carbonyl (C=O) groups is 3. The van der Waals surface area contributed by atoms with Gasteiger partial charge >= 0.3 is 0 Å². The smallest absolute Gasteiger partial charge is 0.255 e. The van der Waals surface area contributed by atoms with Crippen LogP contribution in [0.1, 0.15) is 53.9 Å². The highest BCUT2D eigenvalue weighted by Crippen LogP contribution is 2.30. The van der Waals surface area contributed by atoms with Crippen molar-refractivity contribution < 1.29 is 14.4 Å². The van der Waals surface area contributed by atoms with Crippen LogP contribution in [0.15, 0.2) is 54.9 Å². The van der Waals surface area contributed by atoms with E-state index in [-0.39, 0.29) is 23.6 Å². The minimum atomic E-state index is -0.606. The number of amides is 3. The number of carbonyl (C=O) groups excluding carboxylic acids is 3. The number of fused-ring (bicyclic) bond motifs is 1. The minimum Gasteiger partial charge on any atom is -0.350 e.